The number of hydrogen-bond acceptors (Lipinski definition) is 7. The molecule has 2 saturated heterocycles. The molecule has 192 valence electrons. The Balaban J connectivity index is 1.62. The van der Waals surface area contributed by atoms with Crippen molar-refractivity contribution in [1.29, 1.82) is 0 Å². The predicted octanol–water partition coefficient (Wildman–Crippen LogP) is 2.18. The number of β-amino-alcohol motifs (C(OH)–C–C–N with tert-alkyl or cyclic N) is 1. The Morgan fingerprint density at radius 2 is 1.91 bits per heavy atom. The largest absolute Gasteiger partial charge is 0.486 e. The van der Waals surface area contributed by atoms with Gasteiger partial charge in [-0.3, -0.25) is 9.80 Å². The summed E-state index contributed by atoms with van der Waals surface area (Å²) in [4.78, 5) is 4.71. The second-order valence-corrected chi connectivity index (χ2v) is 11.8. The second-order valence-electron chi connectivity index (χ2n) is 10.1. The normalized spacial score (nSPS) is 29.1. The molecule has 1 aromatic carbocycles. The number of likely N-dealkylation sites (tertiary alicyclic amines) is 1. The molecule has 0 spiro atoms. The summed E-state index contributed by atoms with van der Waals surface area (Å²) in [6.07, 6.45) is 5.73. The van der Waals surface area contributed by atoms with Gasteiger partial charge >= 0.3 is 0 Å². The van der Waals surface area contributed by atoms with E-state index in [2.05, 4.69) is 21.4 Å². The van der Waals surface area contributed by atoms with E-state index in [0.29, 0.717) is 18.2 Å². The molecule has 0 amide bonds. The van der Waals surface area contributed by atoms with Gasteiger partial charge in [-0.25, -0.2) is 13.1 Å². The van der Waals surface area contributed by atoms with Crippen molar-refractivity contribution in [2.45, 2.75) is 74.5 Å². The number of ether oxygens (including phenoxy) is 2. The number of likely N-dealkylation sites (N-methyl/N-ethyl adjacent to an activating group) is 1. The van der Waals surface area contributed by atoms with Crippen LogP contribution in [-0.2, 0) is 14.8 Å². The van der Waals surface area contributed by atoms with Gasteiger partial charge in [-0.05, 0) is 56.5 Å². The van der Waals surface area contributed by atoms with Crippen LogP contribution in [-0.4, -0.2) is 94.6 Å². The number of aliphatic hydroxyl groups is 1. The first-order valence-corrected chi connectivity index (χ1v) is 14.3. The van der Waals surface area contributed by atoms with E-state index in [9.17, 15) is 13.5 Å². The van der Waals surface area contributed by atoms with E-state index in [1.165, 1.54) is 19.3 Å². The number of nitrogens with zero attached hydrogens (tertiary/aromatic N) is 2. The third kappa shape index (κ3) is 6.30. The highest BCUT2D eigenvalue weighted by molar-refractivity contribution is 7.89. The van der Waals surface area contributed by atoms with E-state index in [1.807, 2.05) is 19.2 Å². The lowest BCUT2D eigenvalue weighted by atomic mass is 9.92. The van der Waals surface area contributed by atoms with Gasteiger partial charge < -0.3 is 14.6 Å². The molecular weight excluding hydrogens is 454 g/mol. The Bertz CT molecular complexity index is 906. The maximum absolute atomic E-state index is 13.2. The maximum Gasteiger partial charge on any atom is 0.244 e. The van der Waals surface area contributed by atoms with Crippen molar-refractivity contribution in [2.75, 3.05) is 53.0 Å². The Morgan fingerprint density at radius 3 is 2.68 bits per heavy atom. The van der Waals surface area contributed by atoms with Crippen LogP contribution in [0.15, 0.2) is 23.1 Å². The SMILES string of the molecule is CCCCCCN1C[C@@H]2Oc3cc(C4CCOCC4)ccc3S(=O)(=O)NC[C@H](O)CN(C)[C@@H]2C1. The van der Waals surface area contributed by atoms with Gasteiger partial charge in [0.2, 0.25) is 10.0 Å². The lowest BCUT2D eigenvalue weighted by Gasteiger charge is -2.30. The molecule has 9 heteroatoms. The third-order valence-electron chi connectivity index (χ3n) is 7.44. The zero-order valence-electron chi connectivity index (χ0n) is 20.6. The van der Waals surface area contributed by atoms with Crippen LogP contribution in [0, 0.1) is 0 Å². The van der Waals surface area contributed by atoms with Gasteiger partial charge in [-0.1, -0.05) is 32.3 Å². The Labute approximate surface area is 204 Å². The average Bonchev–Trinajstić information content (AvgIpc) is 3.23. The van der Waals surface area contributed by atoms with Gasteiger partial charge in [0, 0.05) is 39.4 Å². The fourth-order valence-electron chi connectivity index (χ4n) is 5.42. The predicted molar refractivity (Wildman–Crippen MR) is 132 cm³/mol. The van der Waals surface area contributed by atoms with Crippen LogP contribution in [0.5, 0.6) is 5.75 Å². The van der Waals surface area contributed by atoms with Crippen molar-refractivity contribution in [1.82, 2.24) is 14.5 Å². The number of nitrogens with one attached hydrogen (secondary N) is 1. The lowest BCUT2D eigenvalue weighted by molar-refractivity contribution is 0.0710. The number of hydrogen-bond donors (Lipinski definition) is 2. The quantitative estimate of drug-likeness (QED) is 0.585. The number of rotatable bonds is 6. The zero-order valence-corrected chi connectivity index (χ0v) is 21.4. The summed E-state index contributed by atoms with van der Waals surface area (Å²) in [5.74, 6) is 0.763. The summed E-state index contributed by atoms with van der Waals surface area (Å²) in [6, 6.07) is 5.59. The summed E-state index contributed by atoms with van der Waals surface area (Å²) in [6.45, 7) is 6.66. The Hall–Kier alpha value is -1.23. The van der Waals surface area contributed by atoms with Crippen molar-refractivity contribution < 1.29 is 23.0 Å². The van der Waals surface area contributed by atoms with Gasteiger partial charge in [0.15, 0.2) is 0 Å². The van der Waals surface area contributed by atoms with Crippen LogP contribution in [0.4, 0.5) is 0 Å². The van der Waals surface area contributed by atoms with Crippen molar-refractivity contribution in [2.24, 2.45) is 0 Å². The first kappa shape index (κ1) is 25.9. The molecule has 3 aliphatic heterocycles. The molecule has 0 saturated carbocycles. The molecule has 0 aromatic heterocycles. The summed E-state index contributed by atoms with van der Waals surface area (Å²) in [5.41, 5.74) is 1.10. The molecular formula is C25H41N3O5S. The van der Waals surface area contributed by atoms with E-state index in [0.717, 1.165) is 57.7 Å². The molecule has 0 bridgehead atoms. The van der Waals surface area contributed by atoms with Crippen molar-refractivity contribution >= 4 is 10.0 Å². The lowest BCUT2D eigenvalue weighted by Crippen LogP contribution is -2.47. The molecule has 2 N–H and O–H groups in total. The van der Waals surface area contributed by atoms with Crippen molar-refractivity contribution in [3.8, 4) is 5.75 Å². The van der Waals surface area contributed by atoms with Gasteiger partial charge in [0.1, 0.15) is 16.7 Å². The Morgan fingerprint density at radius 1 is 1.12 bits per heavy atom. The minimum atomic E-state index is -3.81. The fraction of sp³-hybridized carbons (Fsp3) is 0.760. The number of sulfonamides is 1. The van der Waals surface area contributed by atoms with E-state index in [1.54, 1.807) is 6.07 Å². The first-order chi connectivity index (χ1) is 16.4. The monoisotopic (exact) mass is 495 g/mol. The van der Waals surface area contributed by atoms with Crippen LogP contribution < -0.4 is 9.46 Å². The summed E-state index contributed by atoms with van der Waals surface area (Å²) < 4.78 is 41.0. The van der Waals surface area contributed by atoms with Crippen molar-refractivity contribution in [3.05, 3.63) is 23.8 Å². The van der Waals surface area contributed by atoms with E-state index in [4.69, 9.17) is 9.47 Å². The molecule has 3 heterocycles. The topological polar surface area (TPSA) is 91.3 Å². The third-order valence-corrected chi connectivity index (χ3v) is 8.91. The molecule has 4 rings (SSSR count). The molecule has 2 fully saturated rings. The van der Waals surface area contributed by atoms with Crippen molar-refractivity contribution in [3.63, 3.8) is 0 Å². The van der Waals surface area contributed by atoms with E-state index < -0.39 is 16.1 Å². The molecule has 0 unspecified atom stereocenters. The van der Waals surface area contributed by atoms with Gasteiger partial charge in [0.05, 0.1) is 12.1 Å². The standard InChI is InChI=1S/C25H41N3O5S/c1-3-4-5-6-11-28-17-22-24(18-28)33-23-14-20(19-9-12-32-13-10-19)7-8-25(23)34(30,31)26-15-21(29)16-27(22)2/h7-8,14,19,21-22,24,26,29H,3-6,9-13,15-18H2,1-2H3/t21-,22+,24-/m0/s1. The average molecular weight is 496 g/mol. The minimum Gasteiger partial charge on any atom is -0.486 e. The van der Waals surface area contributed by atoms with E-state index in [-0.39, 0.29) is 23.6 Å². The highest BCUT2D eigenvalue weighted by atomic mass is 32.2. The summed E-state index contributed by atoms with van der Waals surface area (Å²) in [5, 5.41) is 10.5. The minimum absolute atomic E-state index is 0.0219. The van der Waals surface area contributed by atoms with Crippen LogP contribution in [0.3, 0.4) is 0 Å². The van der Waals surface area contributed by atoms with Crippen LogP contribution in [0.2, 0.25) is 0 Å². The number of aliphatic hydroxyl groups excluding tert-OH is 1. The van der Waals surface area contributed by atoms with Gasteiger partial charge in [0.25, 0.3) is 0 Å². The first-order valence-electron chi connectivity index (χ1n) is 12.9. The molecule has 34 heavy (non-hydrogen) atoms. The zero-order chi connectivity index (χ0) is 24.1. The molecule has 0 radical (unpaired) electrons. The summed E-state index contributed by atoms with van der Waals surface area (Å²) in [7, 11) is -1.81. The van der Waals surface area contributed by atoms with E-state index >= 15 is 0 Å². The molecule has 3 atom stereocenters. The fourth-order valence-corrected chi connectivity index (χ4v) is 6.61. The number of benzene rings is 1. The maximum atomic E-state index is 13.2. The smallest absolute Gasteiger partial charge is 0.244 e. The highest BCUT2D eigenvalue weighted by Gasteiger charge is 2.39. The van der Waals surface area contributed by atoms with Crippen LogP contribution in [0.1, 0.15) is 56.9 Å². The number of unbranched alkanes of at least 4 members (excludes halogenated alkanes) is 3. The van der Waals surface area contributed by atoms with Gasteiger partial charge in [-0.15, -0.1) is 0 Å². The second kappa shape index (κ2) is 11.7. The highest BCUT2D eigenvalue weighted by Crippen LogP contribution is 2.35. The van der Waals surface area contributed by atoms with Gasteiger partial charge in [-0.2, -0.15) is 0 Å². The molecule has 8 nitrogen and oxygen atoms in total. The van der Waals surface area contributed by atoms with Crippen LogP contribution >= 0.6 is 0 Å². The summed E-state index contributed by atoms with van der Waals surface area (Å²) >= 11 is 0. The number of fused-ring (bicyclic) bond motifs is 2. The molecule has 0 aliphatic carbocycles. The molecule has 3 aliphatic rings. The molecule has 1 aromatic rings. The van der Waals surface area contributed by atoms with Crippen LogP contribution in [0.25, 0.3) is 0 Å². The Kier molecular flexibility index (Phi) is 8.87.